The van der Waals surface area contributed by atoms with E-state index in [1.807, 2.05) is 4.90 Å². The van der Waals surface area contributed by atoms with Gasteiger partial charge in [0.25, 0.3) is 5.56 Å². The van der Waals surface area contributed by atoms with E-state index in [9.17, 15) is 35.6 Å². The van der Waals surface area contributed by atoms with Crippen molar-refractivity contribution >= 4 is 10.0 Å². The largest absolute Gasteiger partial charge is 0.416 e. The van der Waals surface area contributed by atoms with Gasteiger partial charge in [0, 0.05) is 44.8 Å². The summed E-state index contributed by atoms with van der Waals surface area (Å²) < 4.78 is 89.7. The number of likely N-dealkylation sites (tertiary alicyclic amines) is 1. The number of benzene rings is 2. The molecule has 0 radical (unpaired) electrons. The van der Waals surface area contributed by atoms with E-state index in [0.29, 0.717) is 38.0 Å². The Morgan fingerprint density at radius 3 is 2.33 bits per heavy atom. The molecule has 0 amide bonds. The number of ether oxygens (including phenoxy) is 1. The van der Waals surface area contributed by atoms with Crippen molar-refractivity contribution in [2.45, 2.75) is 50.4 Å². The third kappa shape index (κ3) is 6.63. The van der Waals surface area contributed by atoms with Gasteiger partial charge in [-0.2, -0.15) is 13.2 Å². The van der Waals surface area contributed by atoms with Gasteiger partial charge in [-0.05, 0) is 30.5 Å². The molecule has 3 heterocycles. The first-order valence-electron chi connectivity index (χ1n) is 14.4. The van der Waals surface area contributed by atoms with Gasteiger partial charge in [0.05, 0.1) is 42.8 Å². The van der Waals surface area contributed by atoms with Crippen LogP contribution in [0.2, 0.25) is 0 Å². The van der Waals surface area contributed by atoms with Gasteiger partial charge in [0.15, 0.2) is 0 Å². The van der Waals surface area contributed by atoms with E-state index in [2.05, 4.69) is 0 Å². The Hall–Kier alpha value is -3.37. The molecule has 3 aromatic rings. The first kappa shape index (κ1) is 33.0. The summed E-state index contributed by atoms with van der Waals surface area (Å²) in [4.78, 5) is 30.0. The molecular formula is C30H35F4N5O5S. The summed E-state index contributed by atoms with van der Waals surface area (Å²) in [5, 5.41) is 0. The van der Waals surface area contributed by atoms with E-state index in [-0.39, 0.29) is 31.0 Å². The number of aromatic nitrogens is 2. The second-order valence-corrected chi connectivity index (χ2v) is 13.7. The SMILES string of the molecule is CN(CCN1CCC2(CC1)OCc1c2c(=O)n(CC(N)c2ccccc2)c(=O)n1Cc1c(F)cccc1C(F)(F)F)S(C)(=O)=O. The number of likely N-dealkylation sites (N-methyl/N-ethyl adjacent to an activating group) is 1. The zero-order chi connectivity index (χ0) is 32.7. The predicted molar refractivity (Wildman–Crippen MR) is 158 cm³/mol. The van der Waals surface area contributed by atoms with E-state index in [0.717, 1.165) is 33.6 Å². The zero-order valence-corrected chi connectivity index (χ0v) is 25.7. The van der Waals surface area contributed by atoms with Gasteiger partial charge < -0.3 is 15.4 Å². The monoisotopic (exact) mass is 653 g/mol. The highest BCUT2D eigenvalue weighted by atomic mass is 32.2. The maximum Gasteiger partial charge on any atom is 0.416 e. The van der Waals surface area contributed by atoms with Crippen LogP contribution in [0.25, 0.3) is 0 Å². The summed E-state index contributed by atoms with van der Waals surface area (Å²) in [6.07, 6.45) is -3.14. The summed E-state index contributed by atoms with van der Waals surface area (Å²) >= 11 is 0. The van der Waals surface area contributed by atoms with Crippen LogP contribution in [0.1, 0.15) is 46.8 Å². The fraction of sp³-hybridized carbons (Fsp3) is 0.467. The third-order valence-corrected chi connectivity index (χ3v) is 10.1. The number of hydrogen-bond acceptors (Lipinski definition) is 7. The Morgan fingerprint density at radius 1 is 1.04 bits per heavy atom. The Morgan fingerprint density at radius 2 is 1.71 bits per heavy atom. The van der Waals surface area contributed by atoms with Gasteiger partial charge in [-0.15, -0.1) is 0 Å². The average molecular weight is 654 g/mol. The van der Waals surface area contributed by atoms with Crippen molar-refractivity contribution in [3.05, 3.63) is 103 Å². The second kappa shape index (κ2) is 12.4. The fourth-order valence-electron chi connectivity index (χ4n) is 6.08. The molecule has 0 saturated carbocycles. The van der Waals surface area contributed by atoms with Crippen molar-refractivity contribution in [2.75, 3.05) is 39.5 Å². The molecule has 1 atom stereocenters. The molecule has 15 heteroatoms. The average Bonchev–Trinajstić information content (AvgIpc) is 3.35. The molecule has 10 nitrogen and oxygen atoms in total. The topological polar surface area (TPSA) is 120 Å². The van der Waals surface area contributed by atoms with Gasteiger partial charge in [-0.3, -0.25) is 13.9 Å². The Bertz CT molecular complexity index is 1790. The minimum atomic E-state index is -4.88. The van der Waals surface area contributed by atoms with Crippen molar-refractivity contribution in [1.82, 2.24) is 18.3 Å². The molecule has 1 saturated heterocycles. The number of alkyl halides is 3. The highest BCUT2D eigenvalue weighted by Crippen LogP contribution is 2.42. The molecule has 45 heavy (non-hydrogen) atoms. The van der Waals surface area contributed by atoms with Crippen LogP contribution in [0.4, 0.5) is 17.6 Å². The molecule has 2 aromatic carbocycles. The van der Waals surface area contributed by atoms with Gasteiger partial charge in [0.2, 0.25) is 10.0 Å². The first-order chi connectivity index (χ1) is 21.1. The molecule has 2 N–H and O–H groups in total. The Kier molecular flexibility index (Phi) is 9.12. The molecule has 244 valence electrons. The smallest absolute Gasteiger partial charge is 0.364 e. The summed E-state index contributed by atoms with van der Waals surface area (Å²) in [6.45, 7) is 0.311. The molecule has 1 aromatic heterocycles. The number of hydrogen-bond donors (Lipinski definition) is 1. The maximum atomic E-state index is 15.0. The number of nitrogens with two attached hydrogens (primary N) is 1. The van der Waals surface area contributed by atoms with Gasteiger partial charge in [-0.1, -0.05) is 36.4 Å². The lowest BCUT2D eigenvalue weighted by Crippen LogP contribution is -2.50. The number of sulfonamides is 1. The molecule has 1 spiro atoms. The van der Waals surface area contributed by atoms with E-state index in [1.165, 1.54) is 11.4 Å². The number of halogens is 4. The predicted octanol–water partition coefficient (Wildman–Crippen LogP) is 2.63. The van der Waals surface area contributed by atoms with Crippen molar-refractivity contribution in [3.8, 4) is 0 Å². The van der Waals surface area contributed by atoms with Crippen molar-refractivity contribution < 1.29 is 30.7 Å². The highest BCUT2D eigenvalue weighted by molar-refractivity contribution is 7.88. The van der Waals surface area contributed by atoms with Gasteiger partial charge in [0.1, 0.15) is 11.4 Å². The van der Waals surface area contributed by atoms with E-state index in [4.69, 9.17) is 10.5 Å². The number of nitrogens with zero attached hydrogens (tertiary/aromatic N) is 4. The summed E-state index contributed by atoms with van der Waals surface area (Å²) in [6, 6.07) is 10.6. The second-order valence-electron chi connectivity index (χ2n) is 11.6. The maximum absolute atomic E-state index is 15.0. The van der Waals surface area contributed by atoms with Crippen LogP contribution in [0.3, 0.4) is 0 Å². The molecule has 2 aliphatic heterocycles. The number of piperidine rings is 1. The first-order valence-corrected chi connectivity index (χ1v) is 16.3. The lowest BCUT2D eigenvalue weighted by Gasteiger charge is -2.39. The molecule has 1 fully saturated rings. The van der Waals surface area contributed by atoms with Crippen LogP contribution in [-0.2, 0) is 46.2 Å². The third-order valence-electron chi connectivity index (χ3n) is 8.78. The molecule has 0 bridgehead atoms. The van der Waals surface area contributed by atoms with Gasteiger partial charge in [-0.25, -0.2) is 21.9 Å². The standard InChI is InChI=1S/C30H35F4N5O5S/c1-36(45(2,42)43)15-16-37-13-11-29(12-14-37)26-25(19-44-29)38(17-21-22(30(32,33)34)9-6-10-23(21)31)28(41)39(27(26)40)18-24(35)20-7-4-3-5-8-20/h3-10,24H,11-19,35H2,1-2H3. The van der Waals surface area contributed by atoms with Crippen molar-refractivity contribution in [3.63, 3.8) is 0 Å². The lowest BCUT2D eigenvalue weighted by atomic mass is 9.85. The van der Waals surface area contributed by atoms with E-state index in [1.54, 1.807) is 30.3 Å². The Labute approximate surface area is 257 Å². The van der Waals surface area contributed by atoms with Crippen LogP contribution in [0, 0.1) is 5.82 Å². The molecule has 2 aliphatic rings. The molecular weight excluding hydrogens is 618 g/mol. The van der Waals surface area contributed by atoms with Crippen molar-refractivity contribution in [2.24, 2.45) is 5.73 Å². The lowest BCUT2D eigenvalue weighted by molar-refractivity contribution is -0.138. The molecule has 5 rings (SSSR count). The number of rotatable bonds is 9. The van der Waals surface area contributed by atoms with Crippen LogP contribution in [0.5, 0.6) is 0 Å². The van der Waals surface area contributed by atoms with Gasteiger partial charge >= 0.3 is 11.9 Å². The van der Waals surface area contributed by atoms with Crippen LogP contribution < -0.4 is 17.0 Å². The normalized spacial score (nSPS) is 17.6. The van der Waals surface area contributed by atoms with Crippen LogP contribution in [0.15, 0.2) is 58.1 Å². The molecule has 1 unspecified atom stereocenters. The van der Waals surface area contributed by atoms with Crippen LogP contribution in [-0.4, -0.2) is 66.2 Å². The highest BCUT2D eigenvalue weighted by Gasteiger charge is 2.47. The van der Waals surface area contributed by atoms with E-state index < -0.39 is 62.6 Å². The molecule has 0 aliphatic carbocycles. The minimum Gasteiger partial charge on any atom is -0.364 e. The summed E-state index contributed by atoms with van der Waals surface area (Å²) in [5.41, 5.74) is 2.65. The fourth-order valence-corrected chi connectivity index (χ4v) is 6.49. The Balaban J connectivity index is 1.56. The summed E-state index contributed by atoms with van der Waals surface area (Å²) in [5.74, 6) is -1.13. The summed E-state index contributed by atoms with van der Waals surface area (Å²) in [7, 11) is -1.87. The number of fused-ring (bicyclic) bond motifs is 2. The zero-order valence-electron chi connectivity index (χ0n) is 24.9. The van der Waals surface area contributed by atoms with Crippen molar-refractivity contribution in [1.29, 1.82) is 0 Å². The minimum absolute atomic E-state index is 0.108. The van der Waals surface area contributed by atoms with Crippen LogP contribution >= 0.6 is 0 Å². The quantitative estimate of drug-likeness (QED) is 0.353. The van der Waals surface area contributed by atoms with E-state index >= 15 is 0 Å².